The van der Waals surface area contributed by atoms with E-state index >= 15 is 0 Å². The molecule has 0 aliphatic carbocycles. The van der Waals surface area contributed by atoms with Gasteiger partial charge in [-0.3, -0.25) is 4.79 Å². The molecule has 0 aliphatic rings. The minimum absolute atomic E-state index is 0.148. The van der Waals surface area contributed by atoms with Crippen LogP contribution in [0.3, 0.4) is 0 Å². The molecule has 0 saturated heterocycles. The average molecular weight is 338 g/mol. The van der Waals surface area contributed by atoms with Crippen LogP contribution in [0.4, 0.5) is 0 Å². The summed E-state index contributed by atoms with van der Waals surface area (Å²) in [7, 11) is 0. The molecule has 0 fully saturated rings. The molecule has 1 aromatic carbocycles. The highest BCUT2D eigenvalue weighted by atomic mass is 79.9. The maximum absolute atomic E-state index is 11.3. The van der Waals surface area contributed by atoms with Crippen LogP contribution in [0, 0.1) is 12.3 Å². The van der Waals surface area contributed by atoms with E-state index < -0.39 is 5.97 Å². The van der Waals surface area contributed by atoms with Crippen LogP contribution in [0.2, 0.25) is 0 Å². The standard InChI is InChI=1S/C14H12BrNO4/c1-2-7-16-13(17)9-20-12-5-3-10(8-11(12)15)4-6-14(18)19/h1,3-6,8H,7,9H2,(H,16,17)(H,18,19). The summed E-state index contributed by atoms with van der Waals surface area (Å²) in [4.78, 5) is 21.7. The first-order chi connectivity index (χ1) is 9.52. The molecule has 104 valence electrons. The van der Waals surface area contributed by atoms with Crippen LogP contribution < -0.4 is 10.1 Å². The highest BCUT2D eigenvalue weighted by Gasteiger charge is 2.05. The normalized spacial score (nSPS) is 10.0. The van der Waals surface area contributed by atoms with Gasteiger partial charge in [-0.15, -0.1) is 6.42 Å². The molecule has 0 saturated carbocycles. The summed E-state index contributed by atoms with van der Waals surface area (Å²) in [6.07, 6.45) is 7.51. The van der Waals surface area contributed by atoms with Gasteiger partial charge in [-0.25, -0.2) is 4.79 Å². The maximum atomic E-state index is 11.3. The van der Waals surface area contributed by atoms with Gasteiger partial charge in [0, 0.05) is 6.08 Å². The Morgan fingerprint density at radius 1 is 1.50 bits per heavy atom. The number of rotatable bonds is 6. The molecule has 0 aromatic heterocycles. The fourth-order valence-corrected chi connectivity index (χ4v) is 1.76. The van der Waals surface area contributed by atoms with E-state index in [1.165, 1.54) is 6.08 Å². The molecule has 1 aromatic rings. The number of carbonyl (C=O) groups excluding carboxylic acids is 1. The van der Waals surface area contributed by atoms with E-state index in [1.54, 1.807) is 18.2 Å². The lowest BCUT2D eigenvalue weighted by molar-refractivity contribution is -0.131. The maximum Gasteiger partial charge on any atom is 0.328 e. The zero-order valence-corrected chi connectivity index (χ0v) is 12.0. The van der Waals surface area contributed by atoms with E-state index in [4.69, 9.17) is 16.3 Å². The lowest BCUT2D eigenvalue weighted by Crippen LogP contribution is -2.29. The fraction of sp³-hybridized carbons (Fsp3) is 0.143. The van der Waals surface area contributed by atoms with Crippen molar-refractivity contribution in [1.82, 2.24) is 5.32 Å². The van der Waals surface area contributed by atoms with Crippen LogP contribution in [0.25, 0.3) is 6.08 Å². The summed E-state index contributed by atoms with van der Waals surface area (Å²) in [5.74, 6) is 1.43. The van der Waals surface area contributed by atoms with Gasteiger partial charge in [0.2, 0.25) is 0 Å². The Kier molecular flexibility index (Phi) is 6.33. The molecule has 0 heterocycles. The second-order valence-corrected chi connectivity index (χ2v) is 4.49. The second-order valence-electron chi connectivity index (χ2n) is 3.63. The van der Waals surface area contributed by atoms with Gasteiger partial charge in [-0.2, -0.15) is 0 Å². The summed E-state index contributed by atoms with van der Waals surface area (Å²) in [6, 6.07) is 5.01. The van der Waals surface area contributed by atoms with Crippen LogP contribution in [0.5, 0.6) is 5.75 Å². The minimum atomic E-state index is -1.02. The first-order valence-corrected chi connectivity index (χ1v) is 6.35. The van der Waals surface area contributed by atoms with Crippen molar-refractivity contribution < 1.29 is 19.4 Å². The topological polar surface area (TPSA) is 75.6 Å². The lowest BCUT2D eigenvalue weighted by Gasteiger charge is -2.08. The van der Waals surface area contributed by atoms with Gasteiger partial charge >= 0.3 is 5.97 Å². The van der Waals surface area contributed by atoms with Crippen molar-refractivity contribution in [2.45, 2.75) is 0 Å². The first-order valence-electron chi connectivity index (χ1n) is 5.56. The Bertz CT molecular complexity index is 575. The largest absolute Gasteiger partial charge is 0.483 e. The van der Waals surface area contributed by atoms with E-state index in [1.807, 2.05) is 0 Å². The summed E-state index contributed by atoms with van der Waals surface area (Å²) < 4.78 is 5.93. The number of benzene rings is 1. The Morgan fingerprint density at radius 3 is 2.85 bits per heavy atom. The number of aliphatic carboxylic acids is 1. The molecule has 0 bridgehead atoms. The number of hydrogen-bond acceptors (Lipinski definition) is 3. The third-order valence-electron chi connectivity index (χ3n) is 2.12. The van der Waals surface area contributed by atoms with E-state index in [2.05, 4.69) is 27.2 Å². The Hall–Kier alpha value is -2.26. The number of carboxylic acids is 1. The molecule has 6 heteroatoms. The van der Waals surface area contributed by atoms with Crippen molar-refractivity contribution in [1.29, 1.82) is 0 Å². The van der Waals surface area contributed by atoms with E-state index in [0.29, 0.717) is 15.8 Å². The zero-order valence-electron chi connectivity index (χ0n) is 10.4. The van der Waals surface area contributed by atoms with Crippen LogP contribution in [0.1, 0.15) is 5.56 Å². The molecular weight excluding hydrogens is 326 g/mol. The van der Waals surface area contributed by atoms with Crippen molar-refractivity contribution in [3.8, 4) is 18.1 Å². The quantitative estimate of drug-likeness (QED) is 0.611. The third-order valence-corrected chi connectivity index (χ3v) is 2.74. The van der Waals surface area contributed by atoms with E-state index in [-0.39, 0.29) is 19.1 Å². The summed E-state index contributed by atoms with van der Waals surface area (Å²) in [6.45, 7) is 0.00682. The number of amides is 1. The van der Waals surface area contributed by atoms with Crippen LogP contribution in [-0.4, -0.2) is 30.1 Å². The SMILES string of the molecule is C#CCNC(=O)COc1ccc(C=CC(=O)O)cc1Br. The monoisotopic (exact) mass is 337 g/mol. The summed E-state index contributed by atoms with van der Waals surface area (Å²) >= 11 is 3.29. The second kappa shape index (κ2) is 8.02. The summed E-state index contributed by atoms with van der Waals surface area (Å²) in [5.41, 5.74) is 0.698. The molecule has 0 radical (unpaired) electrons. The molecule has 5 nitrogen and oxygen atoms in total. The number of ether oxygens (including phenoxy) is 1. The molecule has 2 N–H and O–H groups in total. The number of terminal acetylenes is 1. The smallest absolute Gasteiger partial charge is 0.328 e. The third kappa shape index (κ3) is 5.59. The first kappa shape index (κ1) is 15.8. The number of nitrogens with one attached hydrogen (secondary N) is 1. The Labute approximate surface area is 124 Å². The molecule has 0 unspecified atom stereocenters. The average Bonchev–Trinajstić information content (AvgIpc) is 2.41. The number of hydrogen-bond donors (Lipinski definition) is 2. The van der Waals surface area contributed by atoms with Crippen molar-refractivity contribution >= 4 is 33.9 Å². The van der Waals surface area contributed by atoms with Crippen LogP contribution >= 0.6 is 15.9 Å². The molecule has 0 atom stereocenters. The van der Waals surface area contributed by atoms with Crippen molar-refractivity contribution in [3.63, 3.8) is 0 Å². The van der Waals surface area contributed by atoms with Gasteiger partial charge < -0.3 is 15.2 Å². The number of carbonyl (C=O) groups is 2. The number of halogens is 1. The molecule has 0 aliphatic heterocycles. The summed E-state index contributed by atoms with van der Waals surface area (Å²) in [5, 5.41) is 11.0. The highest BCUT2D eigenvalue weighted by molar-refractivity contribution is 9.10. The van der Waals surface area contributed by atoms with Gasteiger partial charge in [0.1, 0.15) is 5.75 Å². The van der Waals surface area contributed by atoms with Gasteiger partial charge in [0.25, 0.3) is 5.91 Å². The van der Waals surface area contributed by atoms with Gasteiger partial charge in [0.05, 0.1) is 11.0 Å². The van der Waals surface area contributed by atoms with Crippen LogP contribution in [-0.2, 0) is 9.59 Å². The minimum Gasteiger partial charge on any atom is -0.483 e. The number of carboxylic acid groups (broad SMARTS) is 1. The van der Waals surface area contributed by atoms with E-state index in [9.17, 15) is 9.59 Å². The lowest BCUT2D eigenvalue weighted by atomic mass is 10.2. The van der Waals surface area contributed by atoms with Crippen molar-refractivity contribution in [2.24, 2.45) is 0 Å². The van der Waals surface area contributed by atoms with Gasteiger partial charge in [0.15, 0.2) is 6.61 Å². The van der Waals surface area contributed by atoms with Gasteiger partial charge in [-0.1, -0.05) is 12.0 Å². The molecule has 1 rings (SSSR count). The predicted molar refractivity (Wildman–Crippen MR) is 78.1 cm³/mol. The Balaban J connectivity index is 2.62. The van der Waals surface area contributed by atoms with Crippen molar-refractivity contribution in [2.75, 3.05) is 13.2 Å². The van der Waals surface area contributed by atoms with Crippen LogP contribution in [0.15, 0.2) is 28.7 Å². The Morgan fingerprint density at radius 2 is 2.25 bits per heavy atom. The zero-order chi connectivity index (χ0) is 15.0. The van der Waals surface area contributed by atoms with E-state index in [0.717, 1.165) is 6.08 Å². The predicted octanol–water partition coefficient (Wildman–Crippen LogP) is 1.68. The molecule has 0 spiro atoms. The van der Waals surface area contributed by atoms with Crippen molar-refractivity contribution in [3.05, 3.63) is 34.3 Å². The highest BCUT2D eigenvalue weighted by Crippen LogP contribution is 2.26. The molecule has 20 heavy (non-hydrogen) atoms. The van der Waals surface area contributed by atoms with Gasteiger partial charge in [-0.05, 0) is 39.7 Å². The molecular formula is C14H12BrNO4. The fourth-order valence-electron chi connectivity index (χ4n) is 1.25. The molecule has 1 amide bonds.